The Morgan fingerprint density at radius 1 is 1.30 bits per heavy atom. The van der Waals surface area contributed by atoms with Gasteiger partial charge >= 0.3 is 5.97 Å². The second-order valence-corrected chi connectivity index (χ2v) is 8.35. The number of hydrogen-bond acceptors (Lipinski definition) is 4. The van der Waals surface area contributed by atoms with Gasteiger partial charge in [0.2, 0.25) is 0 Å². The number of imidazole rings is 1. The third kappa shape index (κ3) is 3.10. The molecule has 0 spiro atoms. The van der Waals surface area contributed by atoms with Crippen LogP contribution in [0.3, 0.4) is 0 Å². The van der Waals surface area contributed by atoms with Gasteiger partial charge in [-0.3, -0.25) is 14.0 Å². The van der Waals surface area contributed by atoms with Gasteiger partial charge in [0.25, 0.3) is 5.91 Å². The molecule has 1 aliphatic carbocycles. The van der Waals surface area contributed by atoms with Crippen LogP contribution in [0.1, 0.15) is 60.2 Å². The number of amides is 1. The zero-order valence-electron chi connectivity index (χ0n) is 15.5. The van der Waals surface area contributed by atoms with Gasteiger partial charge in [0.15, 0.2) is 4.96 Å². The fraction of sp³-hybridized carbons (Fsp3) is 0.450. The fourth-order valence-electron chi connectivity index (χ4n) is 3.95. The van der Waals surface area contributed by atoms with Crippen LogP contribution in [0.15, 0.2) is 24.4 Å². The number of carboxylic acid groups (broad SMARTS) is 1. The summed E-state index contributed by atoms with van der Waals surface area (Å²) in [6.07, 6.45) is 7.62. The fourth-order valence-corrected chi connectivity index (χ4v) is 4.92. The van der Waals surface area contributed by atoms with Crippen molar-refractivity contribution in [3.8, 4) is 0 Å². The van der Waals surface area contributed by atoms with E-state index in [1.54, 1.807) is 13.0 Å². The quantitative estimate of drug-likeness (QED) is 0.732. The third-order valence-corrected chi connectivity index (χ3v) is 6.63. The van der Waals surface area contributed by atoms with Crippen molar-refractivity contribution in [3.63, 3.8) is 0 Å². The molecule has 3 aromatic rings. The lowest BCUT2D eigenvalue weighted by Crippen LogP contribution is -2.37. The first-order chi connectivity index (χ1) is 13.0. The van der Waals surface area contributed by atoms with Crippen molar-refractivity contribution in [2.45, 2.75) is 51.0 Å². The molecule has 6 nitrogen and oxygen atoms in total. The molecule has 2 aromatic heterocycles. The SMILES string of the molecule is CC(C(=O)O)c1cccc2c1nc1sc(C(=O)N(C)C3CCCCC3)cn12. The zero-order valence-corrected chi connectivity index (χ0v) is 16.3. The monoisotopic (exact) mass is 385 g/mol. The number of carbonyl (C=O) groups excluding carboxylic acids is 1. The molecule has 0 radical (unpaired) electrons. The predicted octanol–water partition coefficient (Wildman–Crippen LogP) is 4.14. The summed E-state index contributed by atoms with van der Waals surface area (Å²) >= 11 is 1.37. The third-order valence-electron chi connectivity index (χ3n) is 5.66. The van der Waals surface area contributed by atoms with Crippen LogP contribution in [-0.4, -0.2) is 44.4 Å². The lowest BCUT2D eigenvalue weighted by Gasteiger charge is -2.30. The molecule has 1 aliphatic rings. The maximum Gasteiger partial charge on any atom is 0.310 e. The van der Waals surface area contributed by atoms with Gasteiger partial charge in [0, 0.05) is 19.3 Å². The first-order valence-electron chi connectivity index (χ1n) is 9.38. The molecule has 27 heavy (non-hydrogen) atoms. The van der Waals surface area contributed by atoms with E-state index in [2.05, 4.69) is 4.98 Å². The first-order valence-corrected chi connectivity index (χ1v) is 10.2. The van der Waals surface area contributed by atoms with E-state index in [0.29, 0.717) is 22.0 Å². The van der Waals surface area contributed by atoms with E-state index in [9.17, 15) is 14.7 Å². The number of carboxylic acids is 1. The summed E-state index contributed by atoms with van der Waals surface area (Å²) in [5.74, 6) is -1.46. The van der Waals surface area contributed by atoms with Crippen LogP contribution >= 0.6 is 11.3 Å². The topological polar surface area (TPSA) is 74.9 Å². The highest BCUT2D eigenvalue weighted by molar-refractivity contribution is 7.18. The summed E-state index contributed by atoms with van der Waals surface area (Å²) in [4.78, 5) is 32.2. The van der Waals surface area contributed by atoms with Crippen LogP contribution < -0.4 is 0 Å². The summed E-state index contributed by atoms with van der Waals surface area (Å²) in [7, 11) is 1.89. The Labute approximate surface area is 161 Å². The largest absolute Gasteiger partial charge is 0.481 e. The maximum atomic E-state index is 12.9. The minimum Gasteiger partial charge on any atom is -0.481 e. The molecule has 4 rings (SSSR count). The van der Waals surface area contributed by atoms with Crippen LogP contribution in [0.5, 0.6) is 0 Å². The summed E-state index contributed by atoms with van der Waals surface area (Å²) in [5, 5.41) is 9.34. The van der Waals surface area contributed by atoms with Crippen LogP contribution in [0.25, 0.3) is 16.0 Å². The number of hydrogen-bond donors (Lipinski definition) is 1. The summed E-state index contributed by atoms with van der Waals surface area (Å²) in [5.41, 5.74) is 2.23. The Balaban J connectivity index is 1.70. The Hall–Kier alpha value is -2.41. The summed E-state index contributed by atoms with van der Waals surface area (Å²) < 4.78 is 1.90. The predicted molar refractivity (Wildman–Crippen MR) is 106 cm³/mol. The van der Waals surface area contributed by atoms with E-state index in [0.717, 1.165) is 23.3 Å². The highest BCUT2D eigenvalue weighted by Crippen LogP contribution is 2.31. The Morgan fingerprint density at radius 2 is 2.04 bits per heavy atom. The molecule has 1 aromatic carbocycles. The second kappa shape index (κ2) is 6.96. The lowest BCUT2D eigenvalue weighted by atomic mass is 9.94. The van der Waals surface area contributed by atoms with Gasteiger partial charge in [0.1, 0.15) is 4.88 Å². The smallest absolute Gasteiger partial charge is 0.310 e. The Kier molecular flexibility index (Phi) is 4.63. The minimum atomic E-state index is -0.871. The average molecular weight is 385 g/mol. The molecule has 1 saturated carbocycles. The van der Waals surface area contributed by atoms with Crippen LogP contribution in [0.4, 0.5) is 0 Å². The molecule has 0 saturated heterocycles. The molecular weight excluding hydrogens is 362 g/mol. The van der Waals surface area contributed by atoms with Gasteiger partial charge < -0.3 is 10.0 Å². The van der Waals surface area contributed by atoms with Crippen molar-refractivity contribution in [2.75, 3.05) is 7.05 Å². The Morgan fingerprint density at radius 3 is 2.74 bits per heavy atom. The lowest BCUT2D eigenvalue weighted by molar-refractivity contribution is -0.138. The van der Waals surface area contributed by atoms with E-state index >= 15 is 0 Å². The van der Waals surface area contributed by atoms with Crippen molar-refractivity contribution < 1.29 is 14.7 Å². The summed E-state index contributed by atoms with van der Waals surface area (Å²) in [6, 6.07) is 5.89. The van der Waals surface area contributed by atoms with E-state index in [1.165, 1.54) is 30.6 Å². The minimum absolute atomic E-state index is 0.0422. The van der Waals surface area contributed by atoms with Crippen molar-refractivity contribution in [3.05, 3.63) is 34.8 Å². The van der Waals surface area contributed by atoms with Gasteiger partial charge in [-0.05, 0) is 31.4 Å². The number of rotatable bonds is 4. The van der Waals surface area contributed by atoms with Gasteiger partial charge in [0.05, 0.1) is 17.0 Å². The molecule has 1 N–H and O–H groups in total. The molecule has 142 valence electrons. The molecular formula is C20H23N3O3S. The van der Waals surface area contributed by atoms with Gasteiger partial charge in [-0.1, -0.05) is 42.7 Å². The summed E-state index contributed by atoms with van der Waals surface area (Å²) in [6.45, 7) is 1.67. The van der Waals surface area contributed by atoms with E-state index in [-0.39, 0.29) is 5.91 Å². The van der Waals surface area contributed by atoms with Crippen molar-refractivity contribution >= 4 is 39.2 Å². The molecule has 1 amide bonds. The standard InChI is InChI=1S/C20H23N3O3S/c1-12(19(25)26)14-9-6-10-15-17(14)21-20-23(15)11-16(27-20)18(24)22(2)13-7-4-3-5-8-13/h6,9-13H,3-5,7-8H2,1-2H3,(H,25,26). The molecule has 2 heterocycles. The van der Waals surface area contributed by atoms with Crippen LogP contribution in [0, 0.1) is 0 Å². The normalized spacial score (nSPS) is 16.7. The van der Waals surface area contributed by atoms with E-state index < -0.39 is 11.9 Å². The van der Waals surface area contributed by atoms with Crippen LogP contribution in [-0.2, 0) is 4.79 Å². The molecule has 1 atom stereocenters. The molecule has 0 aliphatic heterocycles. The number of para-hydroxylation sites is 1. The van der Waals surface area contributed by atoms with E-state index in [4.69, 9.17) is 0 Å². The molecule has 1 unspecified atom stereocenters. The van der Waals surface area contributed by atoms with Crippen LogP contribution in [0.2, 0.25) is 0 Å². The first kappa shape index (κ1) is 18.0. The number of aromatic nitrogens is 2. The number of aliphatic carboxylic acids is 1. The van der Waals surface area contributed by atoms with Gasteiger partial charge in [-0.15, -0.1) is 0 Å². The Bertz CT molecular complexity index is 1020. The van der Waals surface area contributed by atoms with Crippen molar-refractivity contribution in [2.24, 2.45) is 0 Å². The number of benzene rings is 1. The van der Waals surface area contributed by atoms with Crippen molar-refractivity contribution in [1.29, 1.82) is 0 Å². The number of thiazole rings is 1. The number of fused-ring (bicyclic) bond motifs is 3. The number of nitrogens with zero attached hydrogens (tertiary/aromatic N) is 3. The van der Waals surface area contributed by atoms with Crippen molar-refractivity contribution in [1.82, 2.24) is 14.3 Å². The number of carbonyl (C=O) groups is 2. The maximum absolute atomic E-state index is 12.9. The van der Waals surface area contributed by atoms with Gasteiger partial charge in [-0.25, -0.2) is 4.98 Å². The molecule has 7 heteroatoms. The highest BCUT2D eigenvalue weighted by Gasteiger charge is 2.26. The molecule has 0 bridgehead atoms. The zero-order chi connectivity index (χ0) is 19.1. The van der Waals surface area contributed by atoms with Gasteiger partial charge in [-0.2, -0.15) is 0 Å². The average Bonchev–Trinajstić information content (AvgIpc) is 3.24. The molecule has 1 fully saturated rings. The second-order valence-electron chi connectivity index (χ2n) is 7.34. The van der Waals surface area contributed by atoms with E-state index in [1.807, 2.05) is 34.7 Å². The highest BCUT2D eigenvalue weighted by atomic mass is 32.1.